The summed E-state index contributed by atoms with van der Waals surface area (Å²) in [6.07, 6.45) is 0. The summed E-state index contributed by atoms with van der Waals surface area (Å²) in [4.78, 5) is 16.5. The third-order valence-electron chi connectivity index (χ3n) is 4.48. The molecule has 0 radical (unpaired) electrons. The molecule has 1 aliphatic heterocycles. The van der Waals surface area contributed by atoms with Crippen LogP contribution in [0.1, 0.15) is 5.82 Å². The van der Waals surface area contributed by atoms with Gasteiger partial charge in [0.15, 0.2) is 17.0 Å². The summed E-state index contributed by atoms with van der Waals surface area (Å²) in [6, 6.07) is 7.68. The summed E-state index contributed by atoms with van der Waals surface area (Å²) < 4.78 is 7.37. The molecule has 1 N–H and O–H groups in total. The van der Waals surface area contributed by atoms with Gasteiger partial charge in [-0.3, -0.25) is 4.57 Å². The SMILES string of the molecule is COCn1c(-c2ccccc2Cl)nc2c(N3CCNCC3)nc(C)nc21. The number of benzene rings is 1. The molecule has 0 aliphatic carbocycles. The number of hydrogen-bond donors (Lipinski definition) is 1. The molecular weight excluding hydrogens is 352 g/mol. The van der Waals surface area contributed by atoms with Gasteiger partial charge in [0.05, 0.1) is 5.02 Å². The molecule has 3 heterocycles. The predicted octanol–water partition coefficient (Wildman–Crippen LogP) is 2.47. The standard InChI is InChI=1S/C18H21ClN6O/c1-12-21-17(24-9-7-20-8-10-24)15-18(22-12)25(11-26-2)16(23-15)13-5-3-4-6-14(13)19/h3-6,20H,7-11H2,1-2H3. The van der Waals surface area contributed by atoms with Gasteiger partial charge in [-0.2, -0.15) is 0 Å². The Morgan fingerprint density at radius 1 is 1.15 bits per heavy atom. The van der Waals surface area contributed by atoms with Crippen molar-refractivity contribution in [2.24, 2.45) is 0 Å². The molecule has 0 unspecified atom stereocenters. The molecule has 0 bridgehead atoms. The van der Waals surface area contributed by atoms with Crippen molar-refractivity contribution < 1.29 is 4.74 Å². The Hall–Kier alpha value is -2.22. The molecule has 1 aromatic carbocycles. The topological polar surface area (TPSA) is 68.1 Å². The summed E-state index contributed by atoms with van der Waals surface area (Å²) in [7, 11) is 1.66. The van der Waals surface area contributed by atoms with E-state index in [1.54, 1.807) is 7.11 Å². The molecule has 1 saturated heterocycles. The number of hydrogen-bond acceptors (Lipinski definition) is 6. The number of methoxy groups -OCH3 is 1. The number of ether oxygens (including phenoxy) is 1. The van der Waals surface area contributed by atoms with Crippen LogP contribution in [0.25, 0.3) is 22.6 Å². The lowest BCUT2D eigenvalue weighted by Crippen LogP contribution is -2.44. The second-order valence-electron chi connectivity index (χ2n) is 6.26. The van der Waals surface area contributed by atoms with Crippen LogP contribution in [0, 0.1) is 6.92 Å². The Labute approximate surface area is 157 Å². The highest BCUT2D eigenvalue weighted by molar-refractivity contribution is 6.33. The summed E-state index contributed by atoms with van der Waals surface area (Å²) in [5.41, 5.74) is 2.40. The van der Waals surface area contributed by atoms with Crippen LogP contribution in [0.2, 0.25) is 5.02 Å². The first-order chi connectivity index (χ1) is 12.7. The van der Waals surface area contributed by atoms with Crippen LogP contribution in [0.3, 0.4) is 0 Å². The summed E-state index contributed by atoms with van der Waals surface area (Å²) >= 11 is 6.43. The number of fused-ring (bicyclic) bond motifs is 1. The minimum absolute atomic E-state index is 0.342. The lowest BCUT2D eigenvalue weighted by Gasteiger charge is -2.28. The number of aryl methyl sites for hydroxylation is 1. The fourth-order valence-corrected chi connectivity index (χ4v) is 3.51. The first-order valence-corrected chi connectivity index (χ1v) is 9.01. The van der Waals surface area contributed by atoms with Gasteiger partial charge in [0.1, 0.15) is 18.4 Å². The van der Waals surface area contributed by atoms with Gasteiger partial charge in [-0.1, -0.05) is 23.7 Å². The third-order valence-corrected chi connectivity index (χ3v) is 4.81. The number of aromatic nitrogens is 4. The lowest BCUT2D eigenvalue weighted by molar-refractivity contribution is 0.135. The van der Waals surface area contributed by atoms with Crippen molar-refractivity contribution in [1.29, 1.82) is 0 Å². The van der Waals surface area contributed by atoms with Gasteiger partial charge in [0, 0.05) is 38.9 Å². The van der Waals surface area contributed by atoms with E-state index in [-0.39, 0.29) is 0 Å². The molecule has 0 saturated carbocycles. The molecule has 0 atom stereocenters. The maximum atomic E-state index is 6.43. The van der Waals surface area contributed by atoms with Crippen LogP contribution >= 0.6 is 11.6 Å². The minimum atomic E-state index is 0.342. The largest absolute Gasteiger partial charge is 0.364 e. The molecule has 4 rings (SSSR count). The smallest absolute Gasteiger partial charge is 0.168 e. The number of nitrogens with zero attached hydrogens (tertiary/aromatic N) is 5. The van der Waals surface area contributed by atoms with Crippen LogP contribution in [-0.4, -0.2) is 52.8 Å². The van der Waals surface area contributed by atoms with Crippen molar-refractivity contribution in [1.82, 2.24) is 24.8 Å². The van der Waals surface area contributed by atoms with Gasteiger partial charge in [-0.05, 0) is 19.1 Å². The van der Waals surface area contributed by atoms with Crippen LogP contribution in [-0.2, 0) is 11.5 Å². The van der Waals surface area contributed by atoms with Gasteiger partial charge >= 0.3 is 0 Å². The normalized spacial score (nSPS) is 15.0. The quantitative estimate of drug-likeness (QED) is 0.758. The monoisotopic (exact) mass is 372 g/mol. The molecule has 2 aromatic heterocycles. The van der Waals surface area contributed by atoms with Crippen molar-refractivity contribution >= 4 is 28.6 Å². The van der Waals surface area contributed by atoms with E-state index in [4.69, 9.17) is 26.3 Å². The van der Waals surface area contributed by atoms with Crippen molar-refractivity contribution in [2.75, 3.05) is 38.2 Å². The molecule has 3 aromatic rings. The predicted molar refractivity (Wildman–Crippen MR) is 103 cm³/mol. The van der Waals surface area contributed by atoms with Crippen molar-refractivity contribution in [2.45, 2.75) is 13.7 Å². The average Bonchev–Trinajstić information content (AvgIpc) is 3.01. The van der Waals surface area contributed by atoms with E-state index in [2.05, 4.69) is 15.2 Å². The molecule has 8 heteroatoms. The molecule has 26 heavy (non-hydrogen) atoms. The van der Waals surface area contributed by atoms with E-state index in [0.29, 0.717) is 17.6 Å². The second-order valence-corrected chi connectivity index (χ2v) is 6.67. The molecular formula is C18H21ClN6O. The maximum Gasteiger partial charge on any atom is 0.168 e. The zero-order valence-electron chi connectivity index (χ0n) is 14.9. The van der Waals surface area contributed by atoms with E-state index >= 15 is 0 Å². The average molecular weight is 373 g/mol. The van der Waals surface area contributed by atoms with Crippen molar-refractivity contribution in [3.63, 3.8) is 0 Å². The minimum Gasteiger partial charge on any atom is -0.364 e. The van der Waals surface area contributed by atoms with E-state index in [0.717, 1.165) is 54.5 Å². The third kappa shape index (κ3) is 3.02. The summed E-state index contributed by atoms with van der Waals surface area (Å²) in [5.74, 6) is 2.33. The van der Waals surface area contributed by atoms with Crippen molar-refractivity contribution in [3.05, 3.63) is 35.1 Å². The Bertz CT molecular complexity index is 935. The number of anilines is 1. The fraction of sp³-hybridized carbons (Fsp3) is 0.389. The zero-order valence-corrected chi connectivity index (χ0v) is 15.6. The summed E-state index contributed by atoms with van der Waals surface area (Å²) in [6.45, 7) is 5.90. The molecule has 1 aliphatic rings. The number of piperazine rings is 1. The molecule has 0 spiro atoms. The van der Waals surface area contributed by atoms with Gasteiger partial charge in [0.25, 0.3) is 0 Å². The van der Waals surface area contributed by atoms with E-state index in [1.165, 1.54) is 0 Å². The molecule has 7 nitrogen and oxygen atoms in total. The van der Waals surface area contributed by atoms with Gasteiger partial charge in [-0.15, -0.1) is 0 Å². The molecule has 136 valence electrons. The first kappa shape index (κ1) is 17.2. The van der Waals surface area contributed by atoms with E-state index in [1.807, 2.05) is 35.8 Å². The Kier molecular flexibility index (Phi) is 4.76. The Morgan fingerprint density at radius 3 is 2.65 bits per heavy atom. The van der Waals surface area contributed by atoms with E-state index < -0.39 is 0 Å². The van der Waals surface area contributed by atoms with Crippen LogP contribution in [0.4, 0.5) is 5.82 Å². The Morgan fingerprint density at radius 2 is 1.92 bits per heavy atom. The first-order valence-electron chi connectivity index (χ1n) is 8.63. The highest BCUT2D eigenvalue weighted by atomic mass is 35.5. The van der Waals surface area contributed by atoms with E-state index in [9.17, 15) is 0 Å². The molecule has 0 amide bonds. The fourth-order valence-electron chi connectivity index (χ4n) is 3.29. The number of imidazole rings is 1. The van der Waals surface area contributed by atoms with Crippen LogP contribution in [0.5, 0.6) is 0 Å². The van der Waals surface area contributed by atoms with Gasteiger partial charge in [-0.25, -0.2) is 15.0 Å². The maximum absolute atomic E-state index is 6.43. The highest BCUT2D eigenvalue weighted by Gasteiger charge is 2.23. The molecule has 1 fully saturated rings. The van der Waals surface area contributed by atoms with Gasteiger partial charge < -0.3 is 15.0 Å². The second kappa shape index (κ2) is 7.19. The van der Waals surface area contributed by atoms with Crippen LogP contribution in [0.15, 0.2) is 24.3 Å². The number of rotatable bonds is 4. The zero-order chi connectivity index (χ0) is 18.1. The van der Waals surface area contributed by atoms with Gasteiger partial charge in [0.2, 0.25) is 0 Å². The number of nitrogens with one attached hydrogen (secondary N) is 1. The van der Waals surface area contributed by atoms with Crippen molar-refractivity contribution in [3.8, 4) is 11.4 Å². The number of halogens is 1. The Balaban J connectivity index is 1.95. The van der Waals surface area contributed by atoms with Crippen LogP contribution < -0.4 is 10.2 Å². The lowest BCUT2D eigenvalue weighted by atomic mass is 10.2. The highest BCUT2D eigenvalue weighted by Crippen LogP contribution is 2.32. The summed E-state index contributed by atoms with van der Waals surface area (Å²) in [5, 5.41) is 4.02.